The SMILES string of the molecule is CCC/C=C/Cc1ccc(P(Cl)Cl)cc1. The van der Waals surface area contributed by atoms with Crippen LogP contribution in [0.25, 0.3) is 0 Å². The van der Waals surface area contributed by atoms with Crippen LogP contribution in [0.1, 0.15) is 25.3 Å². The van der Waals surface area contributed by atoms with Crippen LogP contribution in [-0.2, 0) is 6.42 Å². The molecule has 0 bridgehead atoms. The molecule has 82 valence electrons. The predicted octanol–water partition coefficient (Wildman–Crippen LogP) is 5.00. The second-order valence-corrected chi connectivity index (χ2v) is 6.89. The van der Waals surface area contributed by atoms with Gasteiger partial charge in [-0.3, -0.25) is 0 Å². The Hall–Kier alpha value is -0.0300. The summed E-state index contributed by atoms with van der Waals surface area (Å²) >= 11 is 11.6. The number of benzene rings is 1. The summed E-state index contributed by atoms with van der Waals surface area (Å²) in [6.45, 7) is 1.18. The number of hydrogen-bond acceptors (Lipinski definition) is 0. The molecular weight excluding hydrogens is 246 g/mol. The maximum Gasteiger partial charge on any atom is 0.116 e. The molecule has 0 amide bonds. The van der Waals surface area contributed by atoms with Gasteiger partial charge in [-0.25, -0.2) is 0 Å². The first-order chi connectivity index (χ1) is 7.24. The number of halogens is 2. The Labute approximate surface area is 103 Å². The molecular formula is C12H15Cl2P. The molecule has 0 aliphatic rings. The lowest BCUT2D eigenvalue weighted by atomic mass is 10.1. The minimum absolute atomic E-state index is 0.989. The van der Waals surface area contributed by atoms with Gasteiger partial charge < -0.3 is 0 Å². The lowest BCUT2D eigenvalue weighted by Crippen LogP contribution is -1.94. The molecule has 3 heteroatoms. The summed E-state index contributed by atoms with van der Waals surface area (Å²) in [6, 6.07) is 8.20. The van der Waals surface area contributed by atoms with E-state index in [2.05, 4.69) is 31.2 Å². The first-order valence-corrected chi connectivity index (χ1v) is 8.25. The van der Waals surface area contributed by atoms with Crippen LogP contribution in [0.3, 0.4) is 0 Å². The molecule has 0 N–H and O–H groups in total. The zero-order valence-electron chi connectivity index (χ0n) is 8.79. The zero-order chi connectivity index (χ0) is 11.1. The van der Waals surface area contributed by atoms with Crippen LogP contribution < -0.4 is 5.30 Å². The Morgan fingerprint density at radius 3 is 2.33 bits per heavy atom. The molecule has 0 nitrogen and oxygen atoms in total. The quantitative estimate of drug-likeness (QED) is 0.516. The van der Waals surface area contributed by atoms with Gasteiger partial charge in [0, 0.05) is 5.30 Å². The Balaban J connectivity index is 2.49. The molecule has 0 spiro atoms. The van der Waals surface area contributed by atoms with E-state index >= 15 is 0 Å². The van der Waals surface area contributed by atoms with Crippen LogP contribution in [0.4, 0.5) is 0 Å². The average molecular weight is 261 g/mol. The summed E-state index contributed by atoms with van der Waals surface area (Å²) in [5.74, 6) is 0. The van der Waals surface area contributed by atoms with E-state index in [0.717, 1.165) is 18.1 Å². The van der Waals surface area contributed by atoms with Crippen molar-refractivity contribution in [3.8, 4) is 0 Å². The smallest absolute Gasteiger partial charge is 0.0882 e. The van der Waals surface area contributed by atoms with Gasteiger partial charge in [0.1, 0.15) is 6.63 Å². The van der Waals surface area contributed by atoms with Crippen LogP contribution in [0, 0.1) is 0 Å². The van der Waals surface area contributed by atoms with Gasteiger partial charge in [0.05, 0.1) is 0 Å². The summed E-state index contributed by atoms with van der Waals surface area (Å²) in [5.41, 5.74) is 1.30. The largest absolute Gasteiger partial charge is 0.116 e. The van der Waals surface area contributed by atoms with E-state index in [9.17, 15) is 0 Å². The molecule has 1 aromatic carbocycles. The highest BCUT2D eigenvalue weighted by atomic mass is 35.9. The minimum atomic E-state index is -1.00. The van der Waals surface area contributed by atoms with Crippen LogP contribution in [0.5, 0.6) is 0 Å². The fourth-order valence-corrected chi connectivity index (χ4v) is 2.30. The Morgan fingerprint density at radius 1 is 1.13 bits per heavy atom. The highest BCUT2D eigenvalue weighted by Gasteiger charge is 2.01. The van der Waals surface area contributed by atoms with E-state index in [1.165, 1.54) is 12.0 Å². The first kappa shape index (κ1) is 13.0. The fraction of sp³-hybridized carbons (Fsp3) is 0.333. The molecule has 0 unspecified atom stereocenters. The van der Waals surface area contributed by atoms with E-state index in [0.29, 0.717) is 0 Å². The van der Waals surface area contributed by atoms with E-state index in [1.54, 1.807) is 0 Å². The standard InChI is InChI=1S/C12H15Cl2P/c1-2-3-4-5-6-11-7-9-12(10-8-11)15(13)14/h4-5,7-10H,2-3,6H2,1H3/b5-4+. The molecule has 1 rings (SSSR count). The van der Waals surface area contributed by atoms with Gasteiger partial charge in [-0.1, -0.05) is 72.2 Å². The van der Waals surface area contributed by atoms with Crippen molar-refractivity contribution in [2.45, 2.75) is 26.2 Å². The second kappa shape index (κ2) is 7.28. The maximum absolute atomic E-state index is 5.82. The minimum Gasteiger partial charge on any atom is -0.0882 e. The highest BCUT2D eigenvalue weighted by molar-refractivity contribution is 8.08. The third kappa shape index (κ3) is 5.02. The van der Waals surface area contributed by atoms with Gasteiger partial charge in [0.2, 0.25) is 0 Å². The molecule has 0 aliphatic carbocycles. The first-order valence-electron chi connectivity index (χ1n) is 5.09. The van der Waals surface area contributed by atoms with Crippen molar-refractivity contribution in [3.63, 3.8) is 0 Å². The monoisotopic (exact) mass is 260 g/mol. The normalized spacial score (nSPS) is 11.5. The zero-order valence-corrected chi connectivity index (χ0v) is 11.2. The summed E-state index contributed by atoms with van der Waals surface area (Å²) < 4.78 is 0. The Bertz CT molecular complexity index is 304. The van der Waals surface area contributed by atoms with Crippen molar-refractivity contribution >= 4 is 34.4 Å². The topological polar surface area (TPSA) is 0 Å². The van der Waals surface area contributed by atoms with Crippen molar-refractivity contribution in [1.82, 2.24) is 0 Å². The van der Waals surface area contributed by atoms with Crippen LogP contribution in [-0.4, -0.2) is 0 Å². The third-order valence-electron chi connectivity index (χ3n) is 2.11. The molecule has 0 aromatic heterocycles. The molecule has 1 aromatic rings. The van der Waals surface area contributed by atoms with Gasteiger partial charge >= 0.3 is 0 Å². The maximum atomic E-state index is 5.82. The second-order valence-electron chi connectivity index (χ2n) is 3.36. The van der Waals surface area contributed by atoms with Crippen molar-refractivity contribution in [2.24, 2.45) is 0 Å². The van der Waals surface area contributed by atoms with Crippen molar-refractivity contribution in [1.29, 1.82) is 0 Å². The molecule has 0 atom stereocenters. The highest BCUT2D eigenvalue weighted by Crippen LogP contribution is 2.45. The van der Waals surface area contributed by atoms with E-state index < -0.39 is 6.63 Å². The van der Waals surface area contributed by atoms with Crippen LogP contribution in [0.15, 0.2) is 36.4 Å². The van der Waals surface area contributed by atoms with Gasteiger partial charge in [-0.2, -0.15) is 0 Å². The molecule has 0 aliphatic heterocycles. The molecule has 0 saturated heterocycles. The van der Waals surface area contributed by atoms with Crippen LogP contribution in [0.2, 0.25) is 0 Å². The Kier molecular flexibility index (Phi) is 6.32. The lowest BCUT2D eigenvalue weighted by molar-refractivity contribution is 0.953. The van der Waals surface area contributed by atoms with E-state index in [4.69, 9.17) is 22.5 Å². The van der Waals surface area contributed by atoms with Crippen molar-refractivity contribution in [2.75, 3.05) is 0 Å². The summed E-state index contributed by atoms with van der Waals surface area (Å²) in [5, 5.41) is 1.02. The van der Waals surface area contributed by atoms with Gasteiger partial charge in [0.25, 0.3) is 0 Å². The van der Waals surface area contributed by atoms with E-state index in [-0.39, 0.29) is 0 Å². The number of hydrogen-bond donors (Lipinski definition) is 0. The van der Waals surface area contributed by atoms with Gasteiger partial charge in [-0.15, -0.1) is 0 Å². The predicted molar refractivity (Wildman–Crippen MR) is 72.5 cm³/mol. The van der Waals surface area contributed by atoms with Gasteiger partial charge in [0.15, 0.2) is 0 Å². The Morgan fingerprint density at radius 2 is 1.80 bits per heavy atom. The van der Waals surface area contributed by atoms with E-state index in [1.807, 2.05) is 12.1 Å². The van der Waals surface area contributed by atoms with Gasteiger partial charge in [-0.05, 0) is 18.4 Å². The third-order valence-corrected chi connectivity index (χ3v) is 3.97. The fourth-order valence-electron chi connectivity index (χ4n) is 1.25. The summed E-state index contributed by atoms with van der Waals surface area (Å²) in [7, 11) is 0. The van der Waals surface area contributed by atoms with Crippen molar-refractivity contribution in [3.05, 3.63) is 42.0 Å². The molecule has 0 fully saturated rings. The lowest BCUT2D eigenvalue weighted by Gasteiger charge is -2.01. The van der Waals surface area contributed by atoms with Crippen LogP contribution >= 0.6 is 29.1 Å². The number of rotatable bonds is 5. The number of allylic oxidation sites excluding steroid dienone is 2. The van der Waals surface area contributed by atoms with Crippen molar-refractivity contribution < 1.29 is 0 Å². The molecule has 0 radical (unpaired) electrons. The average Bonchev–Trinajstić information content (AvgIpc) is 2.25. The summed E-state index contributed by atoms with van der Waals surface area (Å²) in [4.78, 5) is 0. The summed E-state index contributed by atoms with van der Waals surface area (Å²) in [6.07, 6.45) is 7.79. The molecule has 0 saturated carbocycles. The molecule has 15 heavy (non-hydrogen) atoms. The number of unbranched alkanes of at least 4 members (excludes halogenated alkanes) is 1. The molecule has 0 heterocycles.